The highest BCUT2D eigenvalue weighted by molar-refractivity contribution is 5.92. The molecule has 0 saturated carbocycles. The van der Waals surface area contributed by atoms with Crippen molar-refractivity contribution in [3.63, 3.8) is 0 Å². The fourth-order valence-corrected chi connectivity index (χ4v) is 2.89. The first-order valence-electron chi connectivity index (χ1n) is 8.68. The summed E-state index contributed by atoms with van der Waals surface area (Å²) in [6.07, 6.45) is 3.23. The van der Waals surface area contributed by atoms with Gasteiger partial charge in [0.25, 0.3) is 0 Å². The molecule has 0 aliphatic carbocycles. The highest BCUT2D eigenvalue weighted by Gasteiger charge is 2.21. The molecule has 1 aromatic rings. The Labute approximate surface area is 168 Å². The zero-order chi connectivity index (χ0) is 17.2. The molecule has 1 aliphatic rings. The van der Waals surface area contributed by atoms with Gasteiger partial charge in [-0.2, -0.15) is 0 Å². The Kier molecular flexibility index (Phi) is 13.1. The first-order valence-corrected chi connectivity index (χ1v) is 8.68. The summed E-state index contributed by atoms with van der Waals surface area (Å²) in [4.78, 5) is 26.0. The van der Waals surface area contributed by atoms with Gasteiger partial charge in [-0.25, -0.2) is 0 Å². The third-order valence-electron chi connectivity index (χ3n) is 4.21. The van der Waals surface area contributed by atoms with Gasteiger partial charge in [-0.3, -0.25) is 14.5 Å². The molecular formula is C18H30Cl2N4O2. The maximum Gasteiger partial charge on any atom is 0.238 e. The van der Waals surface area contributed by atoms with E-state index in [0.717, 1.165) is 44.6 Å². The van der Waals surface area contributed by atoms with Crippen molar-refractivity contribution in [1.29, 1.82) is 0 Å². The lowest BCUT2D eigenvalue weighted by atomic mass is 10.0. The molecule has 1 aromatic carbocycles. The van der Waals surface area contributed by atoms with Gasteiger partial charge in [0.1, 0.15) is 0 Å². The van der Waals surface area contributed by atoms with E-state index in [9.17, 15) is 9.59 Å². The van der Waals surface area contributed by atoms with Crippen molar-refractivity contribution in [1.82, 2.24) is 15.5 Å². The average molecular weight is 405 g/mol. The number of amides is 2. The van der Waals surface area contributed by atoms with Crippen molar-refractivity contribution < 1.29 is 9.59 Å². The number of anilines is 1. The van der Waals surface area contributed by atoms with Crippen molar-refractivity contribution in [2.45, 2.75) is 31.7 Å². The standard InChI is InChI=1S/C18H28N4O2.2ClH/c1-19-11-5-8-17(23)20-16-9-12-22(13-10-16)14-18(24)21-15-6-3-2-4-7-15;;/h2-4,6-7,16,19H,5,8-14H2,1H3,(H,20,23)(H,21,24);2*1H. The third-order valence-corrected chi connectivity index (χ3v) is 4.21. The summed E-state index contributed by atoms with van der Waals surface area (Å²) in [5.41, 5.74) is 0.825. The molecule has 0 spiro atoms. The lowest BCUT2D eigenvalue weighted by molar-refractivity contribution is -0.122. The van der Waals surface area contributed by atoms with E-state index < -0.39 is 0 Å². The van der Waals surface area contributed by atoms with Crippen molar-refractivity contribution in [2.24, 2.45) is 0 Å². The Hall–Kier alpha value is -1.34. The van der Waals surface area contributed by atoms with E-state index in [1.807, 2.05) is 37.4 Å². The molecule has 3 N–H and O–H groups in total. The summed E-state index contributed by atoms with van der Waals surface area (Å²) in [6.45, 7) is 2.94. The lowest BCUT2D eigenvalue weighted by Crippen LogP contribution is -2.46. The number of rotatable bonds is 8. The highest BCUT2D eigenvalue weighted by Crippen LogP contribution is 2.11. The number of nitrogens with zero attached hydrogens (tertiary/aromatic N) is 1. The molecule has 1 saturated heterocycles. The Balaban J connectivity index is 0.00000312. The van der Waals surface area contributed by atoms with E-state index in [0.29, 0.717) is 13.0 Å². The van der Waals surface area contributed by atoms with Gasteiger partial charge in [-0.05, 0) is 45.0 Å². The minimum absolute atomic E-state index is 0. The van der Waals surface area contributed by atoms with Gasteiger partial charge in [0.2, 0.25) is 11.8 Å². The van der Waals surface area contributed by atoms with Crippen LogP contribution in [0.1, 0.15) is 25.7 Å². The van der Waals surface area contributed by atoms with Crippen LogP contribution in [0.4, 0.5) is 5.69 Å². The summed E-state index contributed by atoms with van der Waals surface area (Å²) < 4.78 is 0. The van der Waals surface area contributed by atoms with Crippen LogP contribution in [0.5, 0.6) is 0 Å². The van der Waals surface area contributed by atoms with E-state index >= 15 is 0 Å². The smallest absolute Gasteiger partial charge is 0.238 e. The van der Waals surface area contributed by atoms with Crippen LogP contribution in [0.25, 0.3) is 0 Å². The van der Waals surface area contributed by atoms with Crippen LogP contribution in [0.15, 0.2) is 30.3 Å². The van der Waals surface area contributed by atoms with E-state index in [-0.39, 0.29) is 42.7 Å². The second kappa shape index (κ2) is 13.8. The molecule has 0 unspecified atom stereocenters. The van der Waals surface area contributed by atoms with Crippen molar-refractivity contribution >= 4 is 42.3 Å². The topological polar surface area (TPSA) is 73.5 Å². The Morgan fingerprint density at radius 3 is 2.35 bits per heavy atom. The first-order chi connectivity index (χ1) is 11.7. The number of hydrogen-bond donors (Lipinski definition) is 3. The van der Waals surface area contributed by atoms with E-state index in [2.05, 4.69) is 20.9 Å². The average Bonchev–Trinajstić information content (AvgIpc) is 2.58. The Morgan fingerprint density at radius 1 is 1.08 bits per heavy atom. The monoisotopic (exact) mass is 404 g/mol. The summed E-state index contributed by atoms with van der Waals surface area (Å²) in [5, 5.41) is 9.05. The second-order valence-electron chi connectivity index (χ2n) is 6.24. The van der Waals surface area contributed by atoms with E-state index in [1.54, 1.807) is 0 Å². The molecular weight excluding hydrogens is 375 g/mol. The van der Waals surface area contributed by atoms with Crippen molar-refractivity contribution in [3.8, 4) is 0 Å². The first kappa shape index (κ1) is 24.7. The van der Waals surface area contributed by atoms with E-state index in [1.165, 1.54) is 0 Å². The lowest BCUT2D eigenvalue weighted by Gasteiger charge is -2.31. The molecule has 2 amide bonds. The number of carbonyl (C=O) groups excluding carboxylic acids is 2. The summed E-state index contributed by atoms with van der Waals surface area (Å²) in [7, 11) is 1.89. The van der Waals surface area contributed by atoms with Crippen LogP contribution in [0.3, 0.4) is 0 Å². The molecule has 0 atom stereocenters. The second-order valence-corrected chi connectivity index (χ2v) is 6.24. The summed E-state index contributed by atoms with van der Waals surface area (Å²) in [6, 6.07) is 9.73. The molecule has 1 aliphatic heterocycles. The fraction of sp³-hybridized carbons (Fsp3) is 0.556. The Morgan fingerprint density at radius 2 is 1.73 bits per heavy atom. The van der Waals surface area contributed by atoms with Crippen molar-refractivity contribution in [3.05, 3.63) is 30.3 Å². The van der Waals surface area contributed by atoms with Gasteiger partial charge in [0, 0.05) is 31.2 Å². The third kappa shape index (κ3) is 9.38. The van der Waals surface area contributed by atoms with E-state index in [4.69, 9.17) is 0 Å². The predicted octanol–water partition coefficient (Wildman–Crippen LogP) is 2.05. The molecule has 148 valence electrons. The molecule has 1 fully saturated rings. The highest BCUT2D eigenvalue weighted by atomic mass is 35.5. The van der Waals surface area contributed by atoms with Crippen LogP contribution < -0.4 is 16.0 Å². The molecule has 0 radical (unpaired) electrons. The molecule has 6 nitrogen and oxygen atoms in total. The summed E-state index contributed by atoms with van der Waals surface area (Å²) in [5.74, 6) is 0.140. The van der Waals surface area contributed by atoms with Crippen LogP contribution >= 0.6 is 24.8 Å². The number of halogens is 2. The number of likely N-dealkylation sites (tertiary alicyclic amines) is 1. The minimum atomic E-state index is 0. The SMILES string of the molecule is CNCCCC(=O)NC1CCN(CC(=O)Nc2ccccc2)CC1.Cl.Cl. The van der Waals surface area contributed by atoms with Gasteiger partial charge < -0.3 is 16.0 Å². The molecule has 8 heteroatoms. The van der Waals surface area contributed by atoms with Gasteiger partial charge >= 0.3 is 0 Å². The quantitative estimate of drug-likeness (QED) is 0.579. The predicted molar refractivity (Wildman–Crippen MR) is 110 cm³/mol. The van der Waals surface area contributed by atoms with Gasteiger partial charge in [-0.1, -0.05) is 18.2 Å². The van der Waals surface area contributed by atoms with Crippen molar-refractivity contribution in [2.75, 3.05) is 38.5 Å². The number of para-hydroxylation sites is 1. The zero-order valence-corrected chi connectivity index (χ0v) is 16.8. The fourth-order valence-electron chi connectivity index (χ4n) is 2.89. The molecule has 0 aromatic heterocycles. The Bertz CT molecular complexity index is 523. The number of nitrogens with one attached hydrogen (secondary N) is 3. The summed E-state index contributed by atoms with van der Waals surface area (Å²) >= 11 is 0. The molecule has 2 rings (SSSR count). The minimum Gasteiger partial charge on any atom is -0.353 e. The van der Waals surface area contributed by atoms with Crippen LogP contribution in [-0.2, 0) is 9.59 Å². The van der Waals surface area contributed by atoms with Gasteiger partial charge in [0.15, 0.2) is 0 Å². The zero-order valence-electron chi connectivity index (χ0n) is 15.2. The normalized spacial score (nSPS) is 14.7. The number of piperidine rings is 1. The van der Waals surface area contributed by atoms with Crippen LogP contribution in [0, 0.1) is 0 Å². The number of hydrogen-bond acceptors (Lipinski definition) is 4. The molecule has 26 heavy (non-hydrogen) atoms. The molecule has 0 bridgehead atoms. The maximum atomic E-state index is 12.1. The maximum absolute atomic E-state index is 12.1. The van der Waals surface area contributed by atoms with Gasteiger partial charge in [0.05, 0.1) is 6.54 Å². The van der Waals surface area contributed by atoms with Gasteiger partial charge in [-0.15, -0.1) is 24.8 Å². The largest absolute Gasteiger partial charge is 0.353 e. The number of carbonyl (C=O) groups is 2. The van der Waals surface area contributed by atoms with Crippen LogP contribution in [0.2, 0.25) is 0 Å². The number of benzene rings is 1. The molecule has 1 heterocycles. The van der Waals surface area contributed by atoms with Crippen LogP contribution in [-0.4, -0.2) is 56.0 Å².